The first kappa shape index (κ1) is 10.2. The fraction of sp³-hybridized carbons (Fsp3) is 0.400. The summed E-state index contributed by atoms with van der Waals surface area (Å²) in [5.41, 5.74) is 1.06. The van der Waals surface area contributed by atoms with E-state index in [4.69, 9.17) is 11.6 Å². The number of amides is 1. The van der Waals surface area contributed by atoms with Crippen molar-refractivity contribution in [1.82, 2.24) is 4.98 Å². The van der Waals surface area contributed by atoms with Crippen LogP contribution in [0.1, 0.15) is 24.3 Å². The van der Waals surface area contributed by atoms with E-state index in [2.05, 4.69) is 15.0 Å². The minimum atomic E-state index is -0.544. The standard InChI is InChI=1S/C10H11ClN2O2/c1-15-10(14)13-9-4-8(11)7(5-12-9)6-2-3-6/h4-6H,2-3H2,1H3,(H,12,13,14). The zero-order valence-electron chi connectivity index (χ0n) is 8.29. The molecule has 1 N–H and O–H groups in total. The summed E-state index contributed by atoms with van der Waals surface area (Å²) in [5.74, 6) is 0.966. The molecule has 4 nitrogen and oxygen atoms in total. The van der Waals surface area contributed by atoms with Gasteiger partial charge in [0.05, 0.1) is 7.11 Å². The quantitative estimate of drug-likeness (QED) is 0.844. The Bertz CT molecular complexity index is 391. The Morgan fingerprint density at radius 1 is 1.67 bits per heavy atom. The molecule has 15 heavy (non-hydrogen) atoms. The van der Waals surface area contributed by atoms with E-state index in [-0.39, 0.29) is 0 Å². The number of methoxy groups -OCH3 is 1. The van der Waals surface area contributed by atoms with E-state index in [1.807, 2.05) is 0 Å². The molecule has 1 amide bonds. The van der Waals surface area contributed by atoms with Gasteiger partial charge in [0.25, 0.3) is 0 Å². The summed E-state index contributed by atoms with van der Waals surface area (Å²) in [7, 11) is 1.30. The number of halogens is 1. The molecular weight excluding hydrogens is 216 g/mol. The molecule has 0 saturated heterocycles. The second kappa shape index (κ2) is 4.06. The molecule has 1 heterocycles. The highest BCUT2D eigenvalue weighted by Gasteiger charge is 2.26. The third-order valence-corrected chi connectivity index (χ3v) is 2.64. The molecular formula is C10H11ClN2O2. The first-order valence-corrected chi connectivity index (χ1v) is 5.09. The van der Waals surface area contributed by atoms with Gasteiger partial charge in [-0.05, 0) is 30.4 Å². The normalized spacial score (nSPS) is 14.8. The first-order chi connectivity index (χ1) is 7.20. The fourth-order valence-electron chi connectivity index (χ4n) is 1.36. The van der Waals surface area contributed by atoms with Gasteiger partial charge in [-0.2, -0.15) is 0 Å². The lowest BCUT2D eigenvalue weighted by molar-refractivity contribution is 0.187. The second-order valence-corrected chi connectivity index (χ2v) is 3.89. The number of anilines is 1. The van der Waals surface area contributed by atoms with Gasteiger partial charge < -0.3 is 4.74 Å². The summed E-state index contributed by atoms with van der Waals surface area (Å²) in [4.78, 5) is 15.0. The molecule has 1 saturated carbocycles. The van der Waals surface area contributed by atoms with Crippen LogP contribution in [0.15, 0.2) is 12.3 Å². The molecule has 0 bridgehead atoms. The van der Waals surface area contributed by atoms with Crippen molar-refractivity contribution in [3.8, 4) is 0 Å². The van der Waals surface area contributed by atoms with Gasteiger partial charge in [0.15, 0.2) is 0 Å². The summed E-state index contributed by atoms with van der Waals surface area (Å²) < 4.78 is 4.45. The summed E-state index contributed by atoms with van der Waals surface area (Å²) in [6.45, 7) is 0. The number of hydrogen-bond donors (Lipinski definition) is 1. The van der Waals surface area contributed by atoms with Crippen molar-refractivity contribution < 1.29 is 9.53 Å². The Kier molecular flexibility index (Phi) is 2.77. The van der Waals surface area contributed by atoms with E-state index >= 15 is 0 Å². The molecule has 1 aliphatic rings. The van der Waals surface area contributed by atoms with Crippen molar-refractivity contribution in [3.05, 3.63) is 22.8 Å². The Hall–Kier alpha value is -1.29. The van der Waals surface area contributed by atoms with Crippen LogP contribution < -0.4 is 5.32 Å². The molecule has 2 rings (SSSR count). The lowest BCUT2D eigenvalue weighted by Gasteiger charge is -2.05. The number of rotatable bonds is 2. The highest BCUT2D eigenvalue weighted by atomic mass is 35.5. The van der Waals surface area contributed by atoms with E-state index in [1.54, 1.807) is 12.3 Å². The predicted octanol–water partition coefficient (Wildman–Crippen LogP) is 2.79. The number of ether oxygens (including phenoxy) is 1. The minimum absolute atomic E-state index is 0.413. The van der Waals surface area contributed by atoms with Crippen LogP contribution in [0.25, 0.3) is 0 Å². The second-order valence-electron chi connectivity index (χ2n) is 3.48. The SMILES string of the molecule is COC(=O)Nc1cc(Cl)c(C2CC2)cn1. The predicted molar refractivity (Wildman–Crippen MR) is 57.2 cm³/mol. The number of carbonyl (C=O) groups excluding carboxylic acids is 1. The highest BCUT2D eigenvalue weighted by molar-refractivity contribution is 6.31. The lowest BCUT2D eigenvalue weighted by atomic mass is 10.2. The van der Waals surface area contributed by atoms with Crippen LogP contribution in [-0.2, 0) is 4.74 Å². The van der Waals surface area contributed by atoms with E-state index in [9.17, 15) is 4.79 Å². The van der Waals surface area contributed by atoms with Crippen LogP contribution in [0.2, 0.25) is 5.02 Å². The Balaban J connectivity index is 2.14. The maximum Gasteiger partial charge on any atom is 0.412 e. The van der Waals surface area contributed by atoms with Crippen molar-refractivity contribution in [2.45, 2.75) is 18.8 Å². The number of carbonyl (C=O) groups is 1. The van der Waals surface area contributed by atoms with Crippen molar-refractivity contribution in [2.24, 2.45) is 0 Å². The van der Waals surface area contributed by atoms with Crippen LogP contribution in [0.5, 0.6) is 0 Å². The Morgan fingerprint density at radius 3 is 2.93 bits per heavy atom. The maximum atomic E-state index is 10.9. The zero-order chi connectivity index (χ0) is 10.8. The summed E-state index contributed by atoms with van der Waals surface area (Å²) in [6, 6.07) is 1.64. The topological polar surface area (TPSA) is 51.2 Å². The van der Waals surface area contributed by atoms with Gasteiger partial charge >= 0.3 is 6.09 Å². The number of aromatic nitrogens is 1. The van der Waals surface area contributed by atoms with Gasteiger partial charge in [0.1, 0.15) is 5.82 Å². The van der Waals surface area contributed by atoms with E-state index in [1.165, 1.54) is 20.0 Å². The summed E-state index contributed by atoms with van der Waals surface area (Å²) >= 11 is 6.06. The van der Waals surface area contributed by atoms with Crippen molar-refractivity contribution >= 4 is 23.5 Å². The van der Waals surface area contributed by atoms with Gasteiger partial charge in [-0.15, -0.1) is 0 Å². The van der Waals surface area contributed by atoms with Gasteiger partial charge in [-0.3, -0.25) is 5.32 Å². The monoisotopic (exact) mass is 226 g/mol. The summed E-state index contributed by atoms with van der Waals surface area (Å²) in [6.07, 6.45) is 3.51. The average Bonchev–Trinajstić information content (AvgIpc) is 3.01. The number of nitrogens with one attached hydrogen (secondary N) is 1. The Labute approximate surface area is 92.6 Å². The number of hydrogen-bond acceptors (Lipinski definition) is 3. The number of nitrogens with zero attached hydrogens (tertiary/aromatic N) is 1. The smallest absolute Gasteiger partial charge is 0.412 e. The molecule has 0 radical (unpaired) electrons. The van der Waals surface area contributed by atoms with E-state index in [0.29, 0.717) is 16.8 Å². The Morgan fingerprint density at radius 2 is 2.40 bits per heavy atom. The minimum Gasteiger partial charge on any atom is -0.453 e. The first-order valence-electron chi connectivity index (χ1n) is 4.71. The largest absolute Gasteiger partial charge is 0.453 e. The molecule has 0 spiro atoms. The van der Waals surface area contributed by atoms with E-state index < -0.39 is 6.09 Å². The molecule has 1 fully saturated rings. The lowest BCUT2D eigenvalue weighted by Crippen LogP contribution is -2.12. The third-order valence-electron chi connectivity index (χ3n) is 2.31. The van der Waals surface area contributed by atoms with Gasteiger partial charge in [-0.1, -0.05) is 11.6 Å². The van der Waals surface area contributed by atoms with Crippen molar-refractivity contribution in [2.75, 3.05) is 12.4 Å². The van der Waals surface area contributed by atoms with Gasteiger partial charge in [-0.25, -0.2) is 9.78 Å². The average molecular weight is 227 g/mol. The van der Waals surface area contributed by atoms with Crippen LogP contribution in [0, 0.1) is 0 Å². The van der Waals surface area contributed by atoms with E-state index in [0.717, 1.165) is 5.56 Å². The van der Waals surface area contributed by atoms with Gasteiger partial charge in [0.2, 0.25) is 0 Å². The molecule has 5 heteroatoms. The number of pyridine rings is 1. The molecule has 1 aliphatic carbocycles. The fourth-order valence-corrected chi connectivity index (χ4v) is 1.67. The highest BCUT2D eigenvalue weighted by Crippen LogP contribution is 2.43. The molecule has 0 aliphatic heterocycles. The molecule has 1 aromatic rings. The molecule has 0 unspecified atom stereocenters. The summed E-state index contributed by atoms with van der Waals surface area (Å²) in [5, 5.41) is 3.11. The van der Waals surface area contributed by atoms with Crippen LogP contribution in [-0.4, -0.2) is 18.2 Å². The zero-order valence-corrected chi connectivity index (χ0v) is 9.04. The third kappa shape index (κ3) is 2.39. The maximum absolute atomic E-state index is 10.9. The molecule has 0 aromatic carbocycles. The van der Waals surface area contributed by atoms with Crippen molar-refractivity contribution in [3.63, 3.8) is 0 Å². The molecule has 80 valence electrons. The molecule has 1 aromatic heterocycles. The van der Waals surface area contributed by atoms with Crippen LogP contribution in [0.3, 0.4) is 0 Å². The van der Waals surface area contributed by atoms with Crippen molar-refractivity contribution in [1.29, 1.82) is 0 Å². The van der Waals surface area contributed by atoms with Crippen LogP contribution >= 0.6 is 11.6 Å². The molecule has 0 atom stereocenters. The van der Waals surface area contributed by atoms with Crippen LogP contribution in [0.4, 0.5) is 10.6 Å². The van der Waals surface area contributed by atoms with Gasteiger partial charge in [0, 0.05) is 11.2 Å².